The van der Waals surface area contributed by atoms with E-state index in [1.165, 1.54) is 16.7 Å². The minimum Gasteiger partial charge on any atom is -0.306 e. The van der Waals surface area contributed by atoms with E-state index in [4.69, 9.17) is 11.6 Å². The maximum atomic E-state index is 6.11. The maximum absolute atomic E-state index is 6.11. The van der Waals surface area contributed by atoms with E-state index in [0.717, 1.165) is 18.0 Å². The summed E-state index contributed by atoms with van der Waals surface area (Å²) < 4.78 is 0. The first-order chi connectivity index (χ1) is 9.22. The van der Waals surface area contributed by atoms with Crippen molar-refractivity contribution >= 4 is 11.6 Å². The molecule has 0 saturated heterocycles. The third kappa shape index (κ3) is 3.55. The number of nitrogens with one attached hydrogen (secondary N) is 1. The molecule has 1 aromatic carbocycles. The van der Waals surface area contributed by atoms with Gasteiger partial charge in [-0.3, -0.25) is 4.98 Å². The Bertz CT molecular complexity index is 540. The molecule has 0 aliphatic heterocycles. The second kappa shape index (κ2) is 6.69. The standard InChI is InChI=1S/C16H19ClN2/c1-3-8-19-16(13-5-4-6-14(17)10-13)15-7-9-18-11-12(15)2/h4-7,9-11,16,19H,3,8H2,1-2H3. The van der Waals surface area contributed by atoms with Crippen LogP contribution in [0.25, 0.3) is 0 Å². The molecule has 2 aromatic rings. The normalized spacial score (nSPS) is 12.4. The van der Waals surface area contributed by atoms with Crippen molar-refractivity contribution in [3.63, 3.8) is 0 Å². The zero-order valence-electron chi connectivity index (χ0n) is 11.4. The van der Waals surface area contributed by atoms with Crippen molar-refractivity contribution in [2.75, 3.05) is 6.54 Å². The van der Waals surface area contributed by atoms with E-state index in [9.17, 15) is 0 Å². The van der Waals surface area contributed by atoms with Crippen LogP contribution in [0.4, 0.5) is 0 Å². The van der Waals surface area contributed by atoms with Crippen molar-refractivity contribution in [3.8, 4) is 0 Å². The minimum absolute atomic E-state index is 0.168. The highest BCUT2D eigenvalue weighted by Gasteiger charge is 2.15. The molecule has 100 valence electrons. The van der Waals surface area contributed by atoms with E-state index in [2.05, 4.69) is 36.3 Å². The second-order valence-electron chi connectivity index (χ2n) is 4.67. The number of aromatic nitrogens is 1. The molecule has 2 nitrogen and oxygen atoms in total. The van der Waals surface area contributed by atoms with Gasteiger partial charge >= 0.3 is 0 Å². The molecular weight excluding hydrogens is 256 g/mol. The molecular formula is C16H19ClN2. The minimum atomic E-state index is 0.168. The molecule has 1 heterocycles. The van der Waals surface area contributed by atoms with Crippen LogP contribution < -0.4 is 5.32 Å². The predicted molar refractivity (Wildman–Crippen MR) is 80.6 cm³/mol. The first-order valence-electron chi connectivity index (χ1n) is 6.61. The molecule has 1 atom stereocenters. The number of halogens is 1. The summed E-state index contributed by atoms with van der Waals surface area (Å²) in [5.41, 5.74) is 3.64. The van der Waals surface area contributed by atoms with E-state index in [-0.39, 0.29) is 6.04 Å². The molecule has 2 rings (SSSR count). The van der Waals surface area contributed by atoms with Crippen molar-refractivity contribution in [1.82, 2.24) is 10.3 Å². The van der Waals surface area contributed by atoms with E-state index in [1.54, 1.807) is 0 Å². The van der Waals surface area contributed by atoms with Gasteiger partial charge in [0.25, 0.3) is 0 Å². The molecule has 0 fully saturated rings. The van der Waals surface area contributed by atoms with Gasteiger partial charge in [0.2, 0.25) is 0 Å². The molecule has 0 saturated carbocycles. The van der Waals surface area contributed by atoms with Crippen LogP contribution in [0.2, 0.25) is 5.02 Å². The van der Waals surface area contributed by atoms with E-state index < -0.39 is 0 Å². The van der Waals surface area contributed by atoms with Gasteiger partial charge in [-0.2, -0.15) is 0 Å². The van der Waals surface area contributed by atoms with E-state index in [0.29, 0.717) is 0 Å². The maximum Gasteiger partial charge on any atom is 0.0580 e. The highest BCUT2D eigenvalue weighted by Crippen LogP contribution is 2.26. The fourth-order valence-electron chi connectivity index (χ4n) is 2.19. The molecule has 0 aliphatic rings. The number of pyridine rings is 1. The average molecular weight is 275 g/mol. The molecule has 0 radical (unpaired) electrons. The first-order valence-corrected chi connectivity index (χ1v) is 6.99. The quantitative estimate of drug-likeness (QED) is 0.887. The van der Waals surface area contributed by atoms with Gasteiger partial charge in [-0.15, -0.1) is 0 Å². The predicted octanol–water partition coefficient (Wildman–Crippen LogP) is 4.13. The van der Waals surface area contributed by atoms with Gasteiger partial charge < -0.3 is 5.32 Å². The Morgan fingerprint density at radius 2 is 2.16 bits per heavy atom. The summed E-state index contributed by atoms with van der Waals surface area (Å²) in [6, 6.07) is 10.3. The molecule has 1 aromatic heterocycles. The summed E-state index contributed by atoms with van der Waals surface area (Å²) in [6.07, 6.45) is 4.84. The van der Waals surface area contributed by atoms with Gasteiger partial charge in [-0.05, 0) is 54.8 Å². The largest absolute Gasteiger partial charge is 0.306 e. The number of hydrogen-bond donors (Lipinski definition) is 1. The topological polar surface area (TPSA) is 24.9 Å². The van der Waals surface area contributed by atoms with Crippen molar-refractivity contribution in [3.05, 3.63) is 64.4 Å². The first kappa shape index (κ1) is 14.0. The molecule has 0 amide bonds. The van der Waals surface area contributed by atoms with Crippen molar-refractivity contribution in [2.24, 2.45) is 0 Å². The van der Waals surface area contributed by atoms with Crippen LogP contribution in [-0.4, -0.2) is 11.5 Å². The molecule has 3 heteroatoms. The lowest BCUT2D eigenvalue weighted by Crippen LogP contribution is -2.24. The monoisotopic (exact) mass is 274 g/mol. The third-order valence-electron chi connectivity index (χ3n) is 3.16. The summed E-state index contributed by atoms with van der Waals surface area (Å²) in [7, 11) is 0. The number of hydrogen-bond acceptors (Lipinski definition) is 2. The van der Waals surface area contributed by atoms with Crippen LogP contribution in [0.15, 0.2) is 42.7 Å². The van der Waals surface area contributed by atoms with Gasteiger partial charge in [0, 0.05) is 17.4 Å². The molecule has 1 N–H and O–H groups in total. The second-order valence-corrected chi connectivity index (χ2v) is 5.11. The number of rotatable bonds is 5. The van der Waals surface area contributed by atoms with Crippen LogP contribution in [0.1, 0.15) is 36.1 Å². The Morgan fingerprint density at radius 3 is 2.84 bits per heavy atom. The fourth-order valence-corrected chi connectivity index (χ4v) is 2.39. The number of nitrogens with zero attached hydrogens (tertiary/aromatic N) is 1. The highest BCUT2D eigenvalue weighted by atomic mass is 35.5. The molecule has 0 bridgehead atoms. The van der Waals surface area contributed by atoms with Gasteiger partial charge in [0.15, 0.2) is 0 Å². The van der Waals surface area contributed by atoms with E-state index in [1.807, 2.05) is 30.6 Å². The Morgan fingerprint density at radius 1 is 1.32 bits per heavy atom. The Kier molecular flexibility index (Phi) is 4.94. The Labute approximate surface area is 119 Å². The van der Waals surface area contributed by atoms with Gasteiger partial charge in [0.05, 0.1) is 6.04 Å². The SMILES string of the molecule is CCCNC(c1cccc(Cl)c1)c1ccncc1C. The zero-order valence-corrected chi connectivity index (χ0v) is 12.1. The smallest absolute Gasteiger partial charge is 0.0580 e. The summed E-state index contributed by atoms with van der Waals surface area (Å²) in [5.74, 6) is 0. The Balaban J connectivity index is 2.38. The summed E-state index contributed by atoms with van der Waals surface area (Å²) >= 11 is 6.11. The fraction of sp³-hybridized carbons (Fsp3) is 0.312. The molecule has 0 spiro atoms. The highest BCUT2D eigenvalue weighted by molar-refractivity contribution is 6.30. The van der Waals surface area contributed by atoms with Crippen LogP contribution in [0.3, 0.4) is 0 Å². The van der Waals surface area contributed by atoms with Crippen molar-refractivity contribution in [2.45, 2.75) is 26.3 Å². The zero-order chi connectivity index (χ0) is 13.7. The van der Waals surface area contributed by atoms with Crippen LogP contribution >= 0.6 is 11.6 Å². The van der Waals surface area contributed by atoms with E-state index >= 15 is 0 Å². The lowest BCUT2D eigenvalue weighted by atomic mass is 9.96. The van der Waals surface area contributed by atoms with Gasteiger partial charge in [-0.1, -0.05) is 30.7 Å². The van der Waals surface area contributed by atoms with Gasteiger partial charge in [0.1, 0.15) is 0 Å². The van der Waals surface area contributed by atoms with Crippen LogP contribution in [0, 0.1) is 6.92 Å². The average Bonchev–Trinajstić information content (AvgIpc) is 2.41. The van der Waals surface area contributed by atoms with Gasteiger partial charge in [-0.25, -0.2) is 0 Å². The van der Waals surface area contributed by atoms with Crippen molar-refractivity contribution in [1.29, 1.82) is 0 Å². The summed E-state index contributed by atoms with van der Waals surface area (Å²) in [5, 5.41) is 4.35. The number of benzene rings is 1. The molecule has 0 aliphatic carbocycles. The summed E-state index contributed by atoms with van der Waals surface area (Å²) in [4.78, 5) is 4.16. The lowest BCUT2D eigenvalue weighted by molar-refractivity contribution is 0.595. The van der Waals surface area contributed by atoms with Crippen LogP contribution in [0.5, 0.6) is 0 Å². The van der Waals surface area contributed by atoms with Crippen LogP contribution in [-0.2, 0) is 0 Å². The van der Waals surface area contributed by atoms with Crippen molar-refractivity contribution < 1.29 is 0 Å². The molecule has 1 unspecified atom stereocenters. The summed E-state index contributed by atoms with van der Waals surface area (Å²) in [6.45, 7) is 5.23. The Hall–Kier alpha value is -1.38. The lowest BCUT2D eigenvalue weighted by Gasteiger charge is -2.21. The molecule has 19 heavy (non-hydrogen) atoms. The number of aryl methyl sites for hydroxylation is 1. The third-order valence-corrected chi connectivity index (χ3v) is 3.39.